The molecule has 5 rings (SSSR count). The van der Waals surface area contributed by atoms with Gasteiger partial charge in [-0.05, 0) is 71.0 Å². The van der Waals surface area contributed by atoms with E-state index in [1.807, 2.05) is 90.7 Å². The number of carbonyl (C=O) groups is 1. The Balaban J connectivity index is 1.47. The molecule has 176 valence electrons. The molecule has 0 aliphatic carbocycles. The van der Waals surface area contributed by atoms with E-state index in [2.05, 4.69) is 26.9 Å². The molecule has 0 spiro atoms. The standard InChI is InChI=1S/C26H23ClN6O2/c1-2-35-22-14-12-21(13-15-22)28-25(34)17-32-23(19-8-10-20(27)11-9-19)16-24(18-6-4-3-5-7-18)33-26(32)29-30-31-33/h3-16,24H,2,17H2,1H3,(H,28,34)/t24-/m0/s1. The van der Waals surface area contributed by atoms with Crippen LogP contribution in [0, 0.1) is 0 Å². The van der Waals surface area contributed by atoms with E-state index >= 15 is 0 Å². The molecule has 0 fully saturated rings. The SMILES string of the molecule is CCOc1ccc(NC(=O)CN2C(c3ccc(Cl)cc3)=C[C@@H](c3ccccc3)n3nnnc32)cc1. The van der Waals surface area contributed by atoms with E-state index in [-0.39, 0.29) is 18.5 Å². The molecule has 8 nitrogen and oxygen atoms in total. The smallest absolute Gasteiger partial charge is 0.251 e. The maximum Gasteiger partial charge on any atom is 0.251 e. The lowest BCUT2D eigenvalue weighted by Gasteiger charge is -2.32. The van der Waals surface area contributed by atoms with Crippen molar-refractivity contribution in [1.29, 1.82) is 0 Å². The average molecular weight is 487 g/mol. The number of tetrazole rings is 1. The van der Waals surface area contributed by atoms with E-state index in [9.17, 15) is 4.79 Å². The first kappa shape index (κ1) is 22.6. The number of rotatable bonds is 7. The molecule has 1 N–H and O–H groups in total. The van der Waals surface area contributed by atoms with E-state index < -0.39 is 0 Å². The fraction of sp³-hybridized carbons (Fsp3) is 0.154. The molecule has 2 heterocycles. The van der Waals surface area contributed by atoms with Crippen molar-refractivity contribution in [1.82, 2.24) is 20.2 Å². The summed E-state index contributed by atoms with van der Waals surface area (Å²) in [6, 6.07) is 24.5. The minimum atomic E-state index is -0.225. The van der Waals surface area contributed by atoms with Gasteiger partial charge in [0, 0.05) is 10.7 Å². The highest BCUT2D eigenvalue weighted by molar-refractivity contribution is 6.30. The van der Waals surface area contributed by atoms with Gasteiger partial charge in [-0.3, -0.25) is 9.69 Å². The fourth-order valence-electron chi connectivity index (χ4n) is 4.03. The molecule has 9 heteroatoms. The molecule has 0 saturated carbocycles. The summed E-state index contributed by atoms with van der Waals surface area (Å²) in [5.41, 5.74) is 3.43. The van der Waals surface area contributed by atoms with Crippen molar-refractivity contribution < 1.29 is 9.53 Å². The third kappa shape index (κ3) is 4.88. The molecule has 35 heavy (non-hydrogen) atoms. The Morgan fingerprint density at radius 2 is 1.77 bits per heavy atom. The Kier molecular flexibility index (Phi) is 6.45. The van der Waals surface area contributed by atoms with Crippen molar-refractivity contribution in [2.45, 2.75) is 13.0 Å². The van der Waals surface area contributed by atoms with Gasteiger partial charge in [0.1, 0.15) is 18.3 Å². The molecule has 1 aliphatic rings. The predicted octanol–water partition coefficient (Wildman–Crippen LogP) is 4.81. The molecule has 0 unspecified atom stereocenters. The Labute approximate surface area is 207 Å². The van der Waals surface area contributed by atoms with Gasteiger partial charge in [-0.2, -0.15) is 4.68 Å². The number of anilines is 2. The summed E-state index contributed by atoms with van der Waals surface area (Å²) in [4.78, 5) is 14.9. The van der Waals surface area contributed by atoms with E-state index in [1.54, 1.807) is 4.68 Å². The number of nitrogens with zero attached hydrogens (tertiary/aromatic N) is 5. The first-order chi connectivity index (χ1) is 17.1. The van der Waals surface area contributed by atoms with Gasteiger partial charge in [-0.15, -0.1) is 0 Å². The number of halogens is 1. The number of aromatic nitrogens is 4. The largest absolute Gasteiger partial charge is 0.494 e. The number of fused-ring (bicyclic) bond motifs is 1. The van der Waals surface area contributed by atoms with Crippen LogP contribution >= 0.6 is 11.6 Å². The monoisotopic (exact) mass is 486 g/mol. The lowest BCUT2D eigenvalue weighted by atomic mass is 10.0. The van der Waals surface area contributed by atoms with Gasteiger partial charge < -0.3 is 10.1 Å². The molecule has 0 radical (unpaired) electrons. The van der Waals surface area contributed by atoms with Crippen LogP contribution in [0.15, 0.2) is 84.9 Å². The Hall–Kier alpha value is -4.17. The number of allylic oxidation sites excluding steroid dienone is 1. The molecule has 1 amide bonds. The van der Waals surface area contributed by atoms with Crippen LogP contribution in [-0.2, 0) is 4.79 Å². The topological polar surface area (TPSA) is 85.2 Å². The number of nitrogens with one attached hydrogen (secondary N) is 1. The summed E-state index contributed by atoms with van der Waals surface area (Å²) in [6.45, 7) is 2.53. The van der Waals surface area contributed by atoms with Crippen molar-refractivity contribution in [3.63, 3.8) is 0 Å². The zero-order chi connectivity index (χ0) is 24.2. The molecule has 1 atom stereocenters. The van der Waals surface area contributed by atoms with Gasteiger partial charge in [-0.25, -0.2) is 0 Å². The summed E-state index contributed by atoms with van der Waals surface area (Å²) in [5.74, 6) is 1.02. The Bertz CT molecular complexity index is 1340. The van der Waals surface area contributed by atoms with Gasteiger partial charge in [-0.1, -0.05) is 59.2 Å². The summed E-state index contributed by atoms with van der Waals surface area (Å²) in [6.07, 6.45) is 2.06. The zero-order valence-electron chi connectivity index (χ0n) is 19.0. The Morgan fingerprint density at radius 1 is 1.03 bits per heavy atom. The number of carbonyl (C=O) groups excluding carboxylic acids is 1. The van der Waals surface area contributed by atoms with Crippen LogP contribution in [0.3, 0.4) is 0 Å². The number of ether oxygens (including phenoxy) is 1. The molecular formula is C26H23ClN6O2. The first-order valence-electron chi connectivity index (χ1n) is 11.2. The highest BCUT2D eigenvalue weighted by atomic mass is 35.5. The number of hydrogen-bond donors (Lipinski definition) is 1. The quantitative estimate of drug-likeness (QED) is 0.403. The maximum absolute atomic E-state index is 13.1. The van der Waals surface area contributed by atoms with Crippen molar-refractivity contribution in [3.8, 4) is 5.75 Å². The lowest BCUT2D eigenvalue weighted by molar-refractivity contribution is -0.114. The normalized spacial score (nSPS) is 14.7. The van der Waals surface area contributed by atoms with Crippen LogP contribution in [0.4, 0.5) is 11.6 Å². The minimum absolute atomic E-state index is 0.0174. The van der Waals surface area contributed by atoms with Crippen LogP contribution in [-0.4, -0.2) is 39.3 Å². The van der Waals surface area contributed by atoms with E-state index in [4.69, 9.17) is 16.3 Å². The third-order valence-electron chi connectivity index (χ3n) is 5.62. The van der Waals surface area contributed by atoms with Gasteiger partial charge >= 0.3 is 0 Å². The number of amides is 1. The van der Waals surface area contributed by atoms with Crippen LogP contribution in [0.2, 0.25) is 5.02 Å². The number of hydrogen-bond acceptors (Lipinski definition) is 6. The van der Waals surface area contributed by atoms with Crippen LogP contribution in [0.1, 0.15) is 24.1 Å². The maximum atomic E-state index is 13.1. The second-order valence-electron chi connectivity index (χ2n) is 7.93. The van der Waals surface area contributed by atoms with Crippen molar-refractivity contribution in [2.75, 3.05) is 23.4 Å². The van der Waals surface area contributed by atoms with E-state index in [0.29, 0.717) is 23.3 Å². The summed E-state index contributed by atoms with van der Waals surface area (Å²) >= 11 is 6.14. The second-order valence-corrected chi connectivity index (χ2v) is 8.37. The van der Waals surface area contributed by atoms with E-state index in [1.165, 1.54) is 0 Å². The Morgan fingerprint density at radius 3 is 2.49 bits per heavy atom. The van der Waals surface area contributed by atoms with Crippen LogP contribution in [0.5, 0.6) is 5.75 Å². The molecule has 3 aromatic carbocycles. The molecule has 0 bridgehead atoms. The second kappa shape index (κ2) is 9.99. The highest BCUT2D eigenvalue weighted by Gasteiger charge is 2.31. The molecule has 1 aliphatic heterocycles. The van der Waals surface area contributed by atoms with Crippen LogP contribution in [0.25, 0.3) is 5.70 Å². The summed E-state index contributed by atoms with van der Waals surface area (Å²) in [5, 5.41) is 16.0. The minimum Gasteiger partial charge on any atom is -0.494 e. The molecular weight excluding hydrogens is 464 g/mol. The highest BCUT2D eigenvalue weighted by Crippen LogP contribution is 2.36. The van der Waals surface area contributed by atoms with Crippen LogP contribution < -0.4 is 15.0 Å². The first-order valence-corrected chi connectivity index (χ1v) is 11.6. The van der Waals surface area contributed by atoms with Crippen molar-refractivity contribution >= 4 is 34.8 Å². The summed E-state index contributed by atoms with van der Waals surface area (Å²) in [7, 11) is 0. The van der Waals surface area contributed by atoms with Gasteiger partial charge in [0.05, 0.1) is 12.3 Å². The zero-order valence-corrected chi connectivity index (χ0v) is 19.8. The average Bonchev–Trinajstić information content (AvgIpc) is 3.37. The van der Waals surface area contributed by atoms with Gasteiger partial charge in [0.2, 0.25) is 5.91 Å². The van der Waals surface area contributed by atoms with Gasteiger partial charge in [0.25, 0.3) is 5.95 Å². The van der Waals surface area contributed by atoms with Gasteiger partial charge in [0.15, 0.2) is 0 Å². The molecule has 4 aromatic rings. The lowest BCUT2D eigenvalue weighted by Crippen LogP contribution is -2.37. The van der Waals surface area contributed by atoms with Crippen molar-refractivity contribution in [3.05, 3.63) is 101 Å². The fourth-order valence-corrected chi connectivity index (χ4v) is 4.15. The van der Waals surface area contributed by atoms with Crippen molar-refractivity contribution in [2.24, 2.45) is 0 Å². The number of benzene rings is 3. The summed E-state index contributed by atoms with van der Waals surface area (Å²) < 4.78 is 7.19. The third-order valence-corrected chi connectivity index (χ3v) is 5.87. The molecule has 1 aromatic heterocycles. The van der Waals surface area contributed by atoms with E-state index in [0.717, 1.165) is 22.6 Å². The molecule has 0 saturated heterocycles. The predicted molar refractivity (Wildman–Crippen MR) is 135 cm³/mol.